The molecule has 1 heterocycles. The first-order chi connectivity index (χ1) is 5.92. The molecule has 1 saturated heterocycles. The Kier molecular flexibility index (Phi) is 2.66. The van der Waals surface area contributed by atoms with Crippen LogP contribution in [0, 0.1) is 5.92 Å². The summed E-state index contributed by atoms with van der Waals surface area (Å²) in [6.07, 6.45) is 7.10. The smallest absolute Gasteiger partial charge is 0.0246 e. The molecule has 2 atom stereocenters. The van der Waals surface area contributed by atoms with Gasteiger partial charge in [0, 0.05) is 12.1 Å². The van der Waals surface area contributed by atoms with Crippen LogP contribution in [-0.2, 0) is 0 Å². The quantitative estimate of drug-likeness (QED) is 0.660. The van der Waals surface area contributed by atoms with Crippen molar-refractivity contribution in [3.8, 4) is 0 Å². The largest absolute Gasteiger partial charge is 0.315 e. The third-order valence-electron chi connectivity index (χ3n) is 3.52. The van der Waals surface area contributed by atoms with E-state index in [0.717, 1.165) is 18.0 Å². The van der Waals surface area contributed by atoms with Crippen LogP contribution in [0.2, 0.25) is 0 Å². The van der Waals surface area contributed by atoms with E-state index in [2.05, 4.69) is 17.7 Å². The maximum absolute atomic E-state index is 3.59. The summed E-state index contributed by atoms with van der Waals surface area (Å²) in [6.45, 7) is 1.23. The topological polar surface area (TPSA) is 24.1 Å². The Bertz CT molecular complexity index is 137. The lowest BCUT2D eigenvalue weighted by Gasteiger charge is -2.37. The molecular weight excluding hydrogens is 148 g/mol. The van der Waals surface area contributed by atoms with Crippen LogP contribution >= 0.6 is 0 Å². The third kappa shape index (κ3) is 1.50. The average Bonchev–Trinajstić information content (AvgIpc) is 2.47. The van der Waals surface area contributed by atoms with Gasteiger partial charge in [-0.2, -0.15) is 0 Å². The van der Waals surface area contributed by atoms with Crippen molar-refractivity contribution in [1.82, 2.24) is 10.6 Å². The van der Waals surface area contributed by atoms with Gasteiger partial charge in [-0.25, -0.2) is 0 Å². The van der Waals surface area contributed by atoms with Crippen LogP contribution in [0.25, 0.3) is 0 Å². The van der Waals surface area contributed by atoms with E-state index in [1.807, 2.05) is 0 Å². The van der Waals surface area contributed by atoms with Gasteiger partial charge in [0.15, 0.2) is 0 Å². The number of hydrogen-bond acceptors (Lipinski definition) is 2. The van der Waals surface area contributed by atoms with Gasteiger partial charge in [0.05, 0.1) is 0 Å². The Morgan fingerprint density at radius 3 is 2.50 bits per heavy atom. The SMILES string of the molecule is CNC(C1CCC1)C1CCCN1. The van der Waals surface area contributed by atoms with Crippen LogP contribution in [0.5, 0.6) is 0 Å². The standard InChI is InChI=1S/C10H20N2/c1-11-10(8-4-2-5-8)9-6-3-7-12-9/h8-12H,2-7H2,1H3. The van der Waals surface area contributed by atoms with E-state index in [4.69, 9.17) is 0 Å². The fourth-order valence-electron chi connectivity index (χ4n) is 2.58. The molecule has 70 valence electrons. The average molecular weight is 168 g/mol. The van der Waals surface area contributed by atoms with Crippen molar-refractivity contribution in [3.63, 3.8) is 0 Å². The minimum atomic E-state index is 0.751. The molecule has 0 bridgehead atoms. The lowest BCUT2D eigenvalue weighted by molar-refractivity contribution is 0.203. The highest BCUT2D eigenvalue weighted by molar-refractivity contribution is 4.93. The second-order valence-electron chi connectivity index (χ2n) is 4.21. The number of rotatable bonds is 3. The van der Waals surface area contributed by atoms with Gasteiger partial charge >= 0.3 is 0 Å². The minimum Gasteiger partial charge on any atom is -0.315 e. The second kappa shape index (κ2) is 3.75. The maximum Gasteiger partial charge on any atom is 0.0246 e. The molecule has 1 saturated carbocycles. The number of likely N-dealkylation sites (N-methyl/N-ethyl adjacent to an activating group) is 1. The molecule has 2 unspecified atom stereocenters. The van der Waals surface area contributed by atoms with Crippen molar-refractivity contribution >= 4 is 0 Å². The Morgan fingerprint density at radius 1 is 1.25 bits per heavy atom. The first kappa shape index (κ1) is 8.52. The van der Waals surface area contributed by atoms with Crippen molar-refractivity contribution in [2.75, 3.05) is 13.6 Å². The Morgan fingerprint density at radius 2 is 2.08 bits per heavy atom. The molecule has 0 amide bonds. The first-order valence-corrected chi connectivity index (χ1v) is 5.32. The Hall–Kier alpha value is -0.0800. The molecule has 0 aromatic heterocycles. The van der Waals surface area contributed by atoms with E-state index < -0.39 is 0 Å². The molecule has 0 aromatic rings. The lowest BCUT2D eigenvalue weighted by atomic mass is 9.77. The molecule has 2 aliphatic rings. The van der Waals surface area contributed by atoms with Gasteiger partial charge in [0.1, 0.15) is 0 Å². The van der Waals surface area contributed by atoms with Gasteiger partial charge in [0.25, 0.3) is 0 Å². The van der Waals surface area contributed by atoms with Gasteiger partial charge in [-0.15, -0.1) is 0 Å². The summed E-state index contributed by atoms with van der Waals surface area (Å²) < 4.78 is 0. The van der Waals surface area contributed by atoms with Crippen LogP contribution < -0.4 is 10.6 Å². The molecule has 2 N–H and O–H groups in total. The predicted molar refractivity (Wildman–Crippen MR) is 51.2 cm³/mol. The minimum absolute atomic E-state index is 0.751. The first-order valence-electron chi connectivity index (χ1n) is 5.32. The monoisotopic (exact) mass is 168 g/mol. The zero-order valence-electron chi connectivity index (χ0n) is 7.97. The number of nitrogens with one attached hydrogen (secondary N) is 2. The molecule has 0 radical (unpaired) electrons. The summed E-state index contributed by atoms with van der Waals surface area (Å²) in [5.41, 5.74) is 0. The van der Waals surface area contributed by atoms with Crippen molar-refractivity contribution in [2.45, 2.75) is 44.2 Å². The summed E-state index contributed by atoms with van der Waals surface area (Å²) in [5.74, 6) is 0.964. The molecule has 0 aromatic carbocycles. The molecule has 12 heavy (non-hydrogen) atoms. The fourth-order valence-corrected chi connectivity index (χ4v) is 2.58. The Balaban J connectivity index is 1.87. The van der Waals surface area contributed by atoms with Crippen molar-refractivity contribution in [3.05, 3.63) is 0 Å². The molecule has 2 nitrogen and oxygen atoms in total. The highest BCUT2D eigenvalue weighted by Crippen LogP contribution is 2.32. The van der Waals surface area contributed by atoms with E-state index in [9.17, 15) is 0 Å². The van der Waals surface area contributed by atoms with Crippen LogP contribution in [0.3, 0.4) is 0 Å². The summed E-state index contributed by atoms with van der Waals surface area (Å²) in [6, 6.07) is 1.52. The van der Waals surface area contributed by atoms with Crippen molar-refractivity contribution in [2.24, 2.45) is 5.92 Å². The van der Waals surface area contributed by atoms with Crippen molar-refractivity contribution in [1.29, 1.82) is 0 Å². The van der Waals surface area contributed by atoms with E-state index >= 15 is 0 Å². The summed E-state index contributed by atoms with van der Waals surface area (Å²) in [7, 11) is 2.11. The summed E-state index contributed by atoms with van der Waals surface area (Å²) in [4.78, 5) is 0. The van der Waals surface area contributed by atoms with E-state index in [0.29, 0.717) is 0 Å². The maximum atomic E-state index is 3.59. The highest BCUT2D eigenvalue weighted by atomic mass is 15.0. The zero-order chi connectivity index (χ0) is 8.39. The van der Waals surface area contributed by atoms with E-state index in [-0.39, 0.29) is 0 Å². The lowest BCUT2D eigenvalue weighted by Crippen LogP contribution is -2.50. The van der Waals surface area contributed by atoms with Gasteiger partial charge in [0.2, 0.25) is 0 Å². The van der Waals surface area contributed by atoms with E-state index in [1.165, 1.54) is 38.6 Å². The molecule has 1 aliphatic carbocycles. The van der Waals surface area contributed by atoms with Gasteiger partial charge < -0.3 is 10.6 Å². The molecule has 2 rings (SSSR count). The van der Waals surface area contributed by atoms with Gasteiger partial charge in [-0.3, -0.25) is 0 Å². The summed E-state index contributed by atoms with van der Waals surface area (Å²) in [5, 5.41) is 7.08. The molecule has 2 fully saturated rings. The van der Waals surface area contributed by atoms with Crippen LogP contribution in [0.1, 0.15) is 32.1 Å². The van der Waals surface area contributed by atoms with Crippen molar-refractivity contribution < 1.29 is 0 Å². The van der Waals surface area contributed by atoms with E-state index in [1.54, 1.807) is 0 Å². The predicted octanol–water partition coefficient (Wildman–Crippen LogP) is 1.13. The zero-order valence-corrected chi connectivity index (χ0v) is 7.97. The highest BCUT2D eigenvalue weighted by Gasteiger charge is 2.33. The van der Waals surface area contributed by atoms with Crippen LogP contribution in [-0.4, -0.2) is 25.7 Å². The number of hydrogen-bond donors (Lipinski definition) is 2. The van der Waals surface area contributed by atoms with Gasteiger partial charge in [-0.1, -0.05) is 6.42 Å². The van der Waals surface area contributed by atoms with Crippen LogP contribution in [0.4, 0.5) is 0 Å². The molecule has 2 heteroatoms. The van der Waals surface area contributed by atoms with Gasteiger partial charge in [-0.05, 0) is 45.2 Å². The summed E-state index contributed by atoms with van der Waals surface area (Å²) >= 11 is 0. The molecule has 0 spiro atoms. The normalized spacial score (nSPS) is 33.2. The fraction of sp³-hybridized carbons (Fsp3) is 1.00. The molecular formula is C10H20N2. The molecule has 1 aliphatic heterocycles. The van der Waals surface area contributed by atoms with Crippen LogP contribution in [0.15, 0.2) is 0 Å². The third-order valence-corrected chi connectivity index (χ3v) is 3.52. The Labute approximate surface area is 75.1 Å². The second-order valence-corrected chi connectivity index (χ2v) is 4.21.